The highest BCUT2D eigenvalue weighted by molar-refractivity contribution is 7.88. The molecule has 1 saturated heterocycles. The SMILES string of the molecule is O=C(Nc1ccc2c(c1)OCO2)c1cc(C2CCCCN2S(=O)(=O)Cc2ccccc2)on1. The number of rotatable bonds is 6. The molecule has 9 nitrogen and oxygen atoms in total. The molecule has 10 heteroatoms. The van der Waals surface area contributed by atoms with E-state index < -0.39 is 22.0 Å². The summed E-state index contributed by atoms with van der Waals surface area (Å²) in [6, 6.07) is 15.2. The first-order valence-corrected chi connectivity index (χ1v) is 12.3. The zero-order chi connectivity index (χ0) is 22.8. The van der Waals surface area contributed by atoms with E-state index >= 15 is 0 Å². The Hall–Kier alpha value is -3.37. The molecule has 172 valence electrons. The summed E-state index contributed by atoms with van der Waals surface area (Å²) in [6.45, 7) is 0.545. The second kappa shape index (κ2) is 8.87. The summed E-state index contributed by atoms with van der Waals surface area (Å²) in [7, 11) is -3.58. The molecule has 33 heavy (non-hydrogen) atoms. The van der Waals surface area contributed by atoms with Gasteiger partial charge in [0.2, 0.25) is 16.8 Å². The van der Waals surface area contributed by atoms with Crippen LogP contribution in [0.25, 0.3) is 0 Å². The third kappa shape index (κ3) is 4.57. The number of hydrogen-bond acceptors (Lipinski definition) is 7. The molecular weight excluding hydrogens is 446 g/mol. The molecule has 1 atom stereocenters. The first kappa shape index (κ1) is 21.5. The first-order valence-electron chi connectivity index (χ1n) is 10.7. The highest BCUT2D eigenvalue weighted by Crippen LogP contribution is 2.36. The fourth-order valence-corrected chi connectivity index (χ4v) is 5.90. The number of nitrogens with zero attached hydrogens (tertiary/aromatic N) is 2. The number of nitrogens with one attached hydrogen (secondary N) is 1. The number of sulfonamides is 1. The van der Waals surface area contributed by atoms with Gasteiger partial charge in [-0.05, 0) is 30.5 Å². The maximum atomic E-state index is 13.2. The van der Waals surface area contributed by atoms with Gasteiger partial charge in [-0.2, -0.15) is 4.31 Å². The molecule has 1 N–H and O–H groups in total. The molecule has 3 heterocycles. The third-order valence-corrected chi connectivity index (χ3v) is 7.57. The summed E-state index contributed by atoms with van der Waals surface area (Å²) >= 11 is 0. The van der Waals surface area contributed by atoms with Crippen molar-refractivity contribution in [1.29, 1.82) is 0 Å². The summed E-state index contributed by atoms with van der Waals surface area (Å²) < 4.78 is 43.9. The summed E-state index contributed by atoms with van der Waals surface area (Å²) in [4.78, 5) is 12.7. The molecule has 1 amide bonds. The number of carbonyl (C=O) groups is 1. The summed E-state index contributed by atoms with van der Waals surface area (Å²) in [5.74, 6) is 0.983. The summed E-state index contributed by atoms with van der Waals surface area (Å²) in [6.07, 6.45) is 2.24. The summed E-state index contributed by atoms with van der Waals surface area (Å²) in [5, 5.41) is 6.65. The van der Waals surface area contributed by atoms with Crippen molar-refractivity contribution >= 4 is 21.6 Å². The van der Waals surface area contributed by atoms with Crippen LogP contribution in [0.2, 0.25) is 0 Å². The second-order valence-electron chi connectivity index (χ2n) is 8.00. The van der Waals surface area contributed by atoms with Crippen LogP contribution in [0.3, 0.4) is 0 Å². The molecule has 0 bridgehead atoms. The van der Waals surface area contributed by atoms with E-state index in [4.69, 9.17) is 14.0 Å². The van der Waals surface area contributed by atoms with Crippen LogP contribution in [0.4, 0.5) is 5.69 Å². The molecule has 2 aromatic carbocycles. The zero-order valence-corrected chi connectivity index (χ0v) is 18.6. The second-order valence-corrected chi connectivity index (χ2v) is 9.92. The molecule has 0 saturated carbocycles. The molecule has 0 spiro atoms. The number of hydrogen-bond donors (Lipinski definition) is 1. The minimum absolute atomic E-state index is 0.0775. The maximum absolute atomic E-state index is 13.2. The van der Waals surface area contributed by atoms with E-state index in [9.17, 15) is 13.2 Å². The monoisotopic (exact) mass is 469 g/mol. The number of benzene rings is 2. The van der Waals surface area contributed by atoms with E-state index in [0.29, 0.717) is 35.9 Å². The molecular formula is C23H23N3O6S. The van der Waals surface area contributed by atoms with Gasteiger partial charge >= 0.3 is 0 Å². The number of aromatic nitrogens is 1. The van der Waals surface area contributed by atoms with E-state index in [0.717, 1.165) is 18.4 Å². The van der Waals surface area contributed by atoms with Gasteiger partial charge in [-0.1, -0.05) is 41.9 Å². The Balaban J connectivity index is 1.32. The van der Waals surface area contributed by atoms with E-state index in [1.165, 1.54) is 10.4 Å². The van der Waals surface area contributed by atoms with Gasteiger partial charge in [0.25, 0.3) is 5.91 Å². The van der Waals surface area contributed by atoms with Crippen molar-refractivity contribution < 1.29 is 27.2 Å². The molecule has 0 aliphatic carbocycles. The highest BCUT2D eigenvalue weighted by atomic mass is 32.2. The Morgan fingerprint density at radius 2 is 1.88 bits per heavy atom. The Morgan fingerprint density at radius 1 is 1.06 bits per heavy atom. The number of anilines is 1. The Labute approximate surface area is 191 Å². The van der Waals surface area contributed by atoms with E-state index in [-0.39, 0.29) is 18.2 Å². The molecule has 1 unspecified atom stereocenters. The van der Waals surface area contributed by atoms with Gasteiger partial charge in [-0.15, -0.1) is 0 Å². The Morgan fingerprint density at radius 3 is 2.73 bits per heavy atom. The first-order chi connectivity index (χ1) is 16.0. The fourth-order valence-electron chi connectivity index (χ4n) is 4.11. The number of ether oxygens (including phenoxy) is 2. The quantitative estimate of drug-likeness (QED) is 0.586. The maximum Gasteiger partial charge on any atom is 0.277 e. The van der Waals surface area contributed by atoms with Crippen molar-refractivity contribution in [3.63, 3.8) is 0 Å². The lowest BCUT2D eigenvalue weighted by atomic mass is 10.0. The predicted octanol–water partition coefficient (Wildman–Crippen LogP) is 3.71. The average Bonchev–Trinajstić information content (AvgIpc) is 3.49. The van der Waals surface area contributed by atoms with Gasteiger partial charge in [0.15, 0.2) is 23.0 Å². The lowest BCUT2D eigenvalue weighted by Gasteiger charge is -2.33. The third-order valence-electron chi connectivity index (χ3n) is 5.72. The van der Waals surface area contributed by atoms with E-state index in [1.54, 1.807) is 30.3 Å². The Kier molecular flexibility index (Phi) is 5.77. The standard InChI is InChI=1S/C23H23N3O6S/c27-23(24-17-9-10-20-22(12-17)31-15-30-20)18-13-21(32-25-18)19-8-4-5-11-26(19)33(28,29)14-16-6-2-1-3-7-16/h1-3,6-7,9-10,12-13,19H,4-5,8,11,14-15H2,(H,24,27). The molecule has 3 aromatic rings. The number of piperidine rings is 1. The van der Waals surface area contributed by atoms with Crippen molar-refractivity contribution in [2.24, 2.45) is 0 Å². The average molecular weight is 470 g/mol. The van der Waals surface area contributed by atoms with E-state index in [2.05, 4.69) is 10.5 Å². The number of fused-ring (bicyclic) bond motifs is 1. The lowest BCUT2D eigenvalue weighted by molar-refractivity contribution is 0.101. The number of carbonyl (C=O) groups excluding carboxylic acids is 1. The molecule has 2 aliphatic rings. The lowest BCUT2D eigenvalue weighted by Crippen LogP contribution is -2.39. The molecule has 5 rings (SSSR count). The topological polar surface area (TPSA) is 111 Å². The normalized spacial score (nSPS) is 18.2. The zero-order valence-electron chi connectivity index (χ0n) is 17.8. The van der Waals surface area contributed by atoms with Gasteiger partial charge in [-0.3, -0.25) is 4.79 Å². The van der Waals surface area contributed by atoms with Crippen LogP contribution in [0.15, 0.2) is 59.1 Å². The van der Waals surface area contributed by atoms with Crippen LogP contribution >= 0.6 is 0 Å². The van der Waals surface area contributed by atoms with Crippen molar-refractivity contribution in [2.45, 2.75) is 31.1 Å². The summed E-state index contributed by atoms with van der Waals surface area (Å²) in [5.41, 5.74) is 1.33. The van der Waals surface area contributed by atoms with Crippen LogP contribution in [0.5, 0.6) is 11.5 Å². The minimum Gasteiger partial charge on any atom is -0.454 e. The van der Waals surface area contributed by atoms with Crippen LogP contribution in [0.1, 0.15) is 47.1 Å². The van der Waals surface area contributed by atoms with Gasteiger partial charge in [0.05, 0.1) is 11.8 Å². The van der Waals surface area contributed by atoms with Gasteiger partial charge in [0, 0.05) is 24.4 Å². The minimum atomic E-state index is -3.58. The van der Waals surface area contributed by atoms with Gasteiger partial charge in [0.1, 0.15) is 0 Å². The molecule has 1 fully saturated rings. The van der Waals surface area contributed by atoms with Crippen molar-refractivity contribution in [3.8, 4) is 11.5 Å². The van der Waals surface area contributed by atoms with E-state index in [1.807, 2.05) is 18.2 Å². The van der Waals surface area contributed by atoms with Crippen molar-refractivity contribution in [3.05, 3.63) is 71.6 Å². The van der Waals surface area contributed by atoms with Crippen molar-refractivity contribution in [2.75, 3.05) is 18.7 Å². The van der Waals surface area contributed by atoms with Crippen LogP contribution in [-0.4, -0.2) is 37.1 Å². The van der Waals surface area contributed by atoms with Crippen LogP contribution < -0.4 is 14.8 Å². The van der Waals surface area contributed by atoms with Crippen LogP contribution in [-0.2, 0) is 15.8 Å². The number of amides is 1. The smallest absolute Gasteiger partial charge is 0.277 e. The predicted molar refractivity (Wildman–Crippen MR) is 119 cm³/mol. The largest absolute Gasteiger partial charge is 0.454 e. The van der Waals surface area contributed by atoms with Gasteiger partial charge < -0.3 is 19.3 Å². The van der Waals surface area contributed by atoms with Crippen LogP contribution in [0, 0.1) is 0 Å². The molecule has 0 radical (unpaired) electrons. The molecule has 1 aromatic heterocycles. The highest BCUT2D eigenvalue weighted by Gasteiger charge is 2.36. The van der Waals surface area contributed by atoms with Crippen molar-refractivity contribution in [1.82, 2.24) is 9.46 Å². The fraction of sp³-hybridized carbons (Fsp3) is 0.304. The Bertz CT molecular complexity index is 1260. The van der Waals surface area contributed by atoms with Gasteiger partial charge in [-0.25, -0.2) is 8.42 Å². The molecule has 2 aliphatic heterocycles.